The van der Waals surface area contributed by atoms with Gasteiger partial charge in [-0.1, -0.05) is 18.2 Å². The van der Waals surface area contributed by atoms with Crippen LogP contribution in [0, 0.1) is 17.5 Å². The maximum atomic E-state index is 13.8. The smallest absolute Gasteiger partial charge is 0.253 e. The van der Waals surface area contributed by atoms with Crippen LogP contribution < -0.4 is 10.2 Å². The van der Waals surface area contributed by atoms with E-state index in [1.165, 1.54) is 29.3 Å². The first-order valence-corrected chi connectivity index (χ1v) is 9.66. The molecular weight excluding hydrogens is 407 g/mol. The molecule has 0 fully saturated rings. The van der Waals surface area contributed by atoms with Gasteiger partial charge < -0.3 is 10.2 Å². The Labute approximate surface area is 176 Å². The van der Waals surface area contributed by atoms with Gasteiger partial charge in [-0.25, -0.2) is 13.2 Å². The first kappa shape index (κ1) is 20.6. The van der Waals surface area contributed by atoms with Crippen molar-refractivity contribution in [2.24, 2.45) is 0 Å². The van der Waals surface area contributed by atoms with Crippen molar-refractivity contribution in [3.8, 4) is 0 Å². The molecule has 3 aromatic rings. The van der Waals surface area contributed by atoms with Gasteiger partial charge in [-0.2, -0.15) is 0 Å². The number of hydrogen-bond acceptors (Lipinski definition) is 3. The first-order valence-electron chi connectivity index (χ1n) is 9.66. The van der Waals surface area contributed by atoms with Crippen LogP contribution in [-0.2, 0) is 24.3 Å². The van der Waals surface area contributed by atoms with E-state index in [9.17, 15) is 22.8 Å². The molecule has 4 rings (SSSR count). The van der Waals surface area contributed by atoms with E-state index in [1.807, 2.05) is 0 Å². The minimum atomic E-state index is -0.750. The molecule has 0 radical (unpaired) electrons. The maximum Gasteiger partial charge on any atom is 0.253 e. The van der Waals surface area contributed by atoms with Crippen LogP contribution in [0.2, 0.25) is 0 Å². The summed E-state index contributed by atoms with van der Waals surface area (Å²) in [4.78, 5) is 31.0. The minimum Gasteiger partial charge on any atom is -0.348 e. The molecule has 0 bridgehead atoms. The van der Waals surface area contributed by atoms with Crippen molar-refractivity contribution in [3.63, 3.8) is 0 Å². The van der Waals surface area contributed by atoms with Crippen LogP contribution in [0.5, 0.6) is 0 Å². The molecule has 158 valence electrons. The van der Waals surface area contributed by atoms with Crippen molar-refractivity contribution in [2.45, 2.75) is 25.9 Å². The number of nitrogens with one attached hydrogen (secondary N) is 1. The second kappa shape index (κ2) is 8.59. The number of pyridine rings is 1. The molecule has 2 amide bonds. The van der Waals surface area contributed by atoms with Gasteiger partial charge in [0.05, 0.1) is 23.5 Å². The summed E-state index contributed by atoms with van der Waals surface area (Å²) in [5.41, 5.74) is 2.29. The fourth-order valence-electron chi connectivity index (χ4n) is 3.41. The molecular formula is C23H18F3N3O2. The van der Waals surface area contributed by atoms with Crippen molar-refractivity contribution < 1.29 is 22.8 Å². The lowest BCUT2D eigenvalue weighted by Gasteiger charge is -2.29. The number of benzene rings is 2. The quantitative estimate of drug-likeness (QED) is 0.674. The number of nitrogens with zero attached hydrogens (tertiary/aromatic N) is 2. The maximum absolute atomic E-state index is 13.8. The zero-order valence-corrected chi connectivity index (χ0v) is 16.4. The van der Waals surface area contributed by atoms with E-state index in [-0.39, 0.29) is 42.4 Å². The van der Waals surface area contributed by atoms with Crippen LogP contribution in [0.25, 0.3) is 0 Å². The van der Waals surface area contributed by atoms with E-state index in [4.69, 9.17) is 0 Å². The van der Waals surface area contributed by atoms with Gasteiger partial charge in [-0.3, -0.25) is 14.6 Å². The molecule has 2 heterocycles. The molecule has 8 heteroatoms. The summed E-state index contributed by atoms with van der Waals surface area (Å²) >= 11 is 0. The number of halogens is 3. The molecule has 1 aliphatic heterocycles. The Kier molecular flexibility index (Phi) is 5.70. The van der Waals surface area contributed by atoms with Crippen molar-refractivity contribution in [3.05, 3.63) is 94.6 Å². The zero-order valence-electron chi connectivity index (χ0n) is 16.4. The SMILES string of the molecule is O=C(NCc1ccc(F)cc1F)c1cnc2c(c1)N(Cc1ccc(F)cc1)C(=O)CC2. The molecule has 0 saturated heterocycles. The molecule has 1 aliphatic rings. The Morgan fingerprint density at radius 2 is 1.74 bits per heavy atom. The molecule has 5 nitrogen and oxygen atoms in total. The molecule has 0 saturated carbocycles. The Morgan fingerprint density at radius 3 is 2.48 bits per heavy atom. The van der Waals surface area contributed by atoms with Crippen LogP contribution in [-0.4, -0.2) is 16.8 Å². The molecule has 0 spiro atoms. The van der Waals surface area contributed by atoms with Crippen LogP contribution in [0.3, 0.4) is 0 Å². The Balaban J connectivity index is 1.54. The summed E-state index contributed by atoms with van der Waals surface area (Å²) in [6.07, 6.45) is 2.15. The van der Waals surface area contributed by atoms with Gasteiger partial charge in [0.2, 0.25) is 5.91 Å². The van der Waals surface area contributed by atoms with E-state index in [1.54, 1.807) is 18.2 Å². The fraction of sp³-hybridized carbons (Fsp3) is 0.174. The molecule has 0 aliphatic carbocycles. The van der Waals surface area contributed by atoms with Crippen LogP contribution in [0.4, 0.5) is 18.9 Å². The van der Waals surface area contributed by atoms with Crippen LogP contribution >= 0.6 is 0 Å². The molecule has 31 heavy (non-hydrogen) atoms. The number of aromatic nitrogens is 1. The van der Waals surface area contributed by atoms with Gasteiger partial charge in [0.25, 0.3) is 5.91 Å². The highest BCUT2D eigenvalue weighted by atomic mass is 19.1. The predicted molar refractivity (Wildman–Crippen MR) is 108 cm³/mol. The largest absolute Gasteiger partial charge is 0.348 e. The normalized spacial score (nSPS) is 13.1. The molecule has 0 atom stereocenters. The van der Waals surface area contributed by atoms with E-state index >= 15 is 0 Å². The summed E-state index contributed by atoms with van der Waals surface area (Å²) in [6, 6.07) is 10.5. The molecule has 1 N–H and O–H groups in total. The number of hydrogen-bond donors (Lipinski definition) is 1. The third-order valence-corrected chi connectivity index (χ3v) is 5.09. The lowest BCUT2D eigenvalue weighted by molar-refractivity contribution is -0.119. The Morgan fingerprint density at radius 1 is 1.00 bits per heavy atom. The molecule has 1 aromatic heterocycles. The topological polar surface area (TPSA) is 62.3 Å². The summed E-state index contributed by atoms with van der Waals surface area (Å²) in [5, 5.41) is 2.58. The molecule has 0 unspecified atom stereocenters. The van der Waals surface area contributed by atoms with Crippen molar-refractivity contribution in [1.82, 2.24) is 10.3 Å². The summed E-state index contributed by atoms with van der Waals surface area (Å²) in [6.45, 7) is 0.0971. The minimum absolute atomic E-state index is 0.121. The van der Waals surface area contributed by atoms with E-state index < -0.39 is 17.5 Å². The van der Waals surface area contributed by atoms with Gasteiger partial charge in [-0.15, -0.1) is 0 Å². The zero-order chi connectivity index (χ0) is 22.0. The number of anilines is 1. The number of rotatable bonds is 5. The second-order valence-corrected chi connectivity index (χ2v) is 7.21. The van der Waals surface area contributed by atoms with Crippen molar-refractivity contribution >= 4 is 17.5 Å². The third-order valence-electron chi connectivity index (χ3n) is 5.09. The van der Waals surface area contributed by atoms with Crippen molar-refractivity contribution in [1.29, 1.82) is 0 Å². The highest BCUT2D eigenvalue weighted by Gasteiger charge is 2.26. The lowest BCUT2D eigenvalue weighted by Crippen LogP contribution is -2.35. The second-order valence-electron chi connectivity index (χ2n) is 7.21. The monoisotopic (exact) mass is 425 g/mol. The highest BCUT2D eigenvalue weighted by Crippen LogP contribution is 2.29. The summed E-state index contributed by atoms with van der Waals surface area (Å²) in [7, 11) is 0. The van der Waals surface area contributed by atoms with E-state index in [0.29, 0.717) is 17.8 Å². The van der Waals surface area contributed by atoms with Gasteiger partial charge in [0.1, 0.15) is 17.5 Å². The lowest BCUT2D eigenvalue weighted by atomic mass is 10.0. The average Bonchev–Trinajstić information content (AvgIpc) is 2.76. The number of aryl methyl sites for hydroxylation is 1. The van der Waals surface area contributed by atoms with Gasteiger partial charge >= 0.3 is 0 Å². The standard InChI is InChI=1S/C23H18F3N3O2/c24-17-4-1-14(2-5-17)13-29-21-9-16(12-27-20(21)7-8-22(29)30)23(31)28-11-15-3-6-18(25)10-19(15)26/h1-6,9-10,12H,7-8,11,13H2,(H,28,31). The van der Waals surface area contributed by atoms with Crippen LogP contribution in [0.15, 0.2) is 54.7 Å². The molecule has 2 aromatic carbocycles. The van der Waals surface area contributed by atoms with Gasteiger partial charge in [0.15, 0.2) is 0 Å². The third kappa shape index (κ3) is 4.58. The number of carbonyl (C=O) groups is 2. The Bertz CT molecular complexity index is 1150. The number of fused-ring (bicyclic) bond motifs is 1. The first-order chi connectivity index (χ1) is 14.9. The van der Waals surface area contributed by atoms with Gasteiger partial charge in [0, 0.05) is 37.2 Å². The highest BCUT2D eigenvalue weighted by molar-refractivity contribution is 5.99. The average molecular weight is 425 g/mol. The number of carbonyl (C=O) groups excluding carboxylic acids is 2. The predicted octanol–water partition coefficient (Wildman–Crippen LogP) is 3.91. The fourth-order valence-corrected chi connectivity index (χ4v) is 3.41. The Hall–Kier alpha value is -3.68. The summed E-state index contributed by atoms with van der Waals surface area (Å²) in [5.74, 6) is -2.44. The number of amides is 2. The van der Waals surface area contributed by atoms with Gasteiger partial charge in [-0.05, 0) is 29.8 Å². The van der Waals surface area contributed by atoms with E-state index in [0.717, 1.165) is 17.7 Å². The van der Waals surface area contributed by atoms with Crippen molar-refractivity contribution in [2.75, 3.05) is 4.90 Å². The summed E-state index contributed by atoms with van der Waals surface area (Å²) < 4.78 is 40.0. The van der Waals surface area contributed by atoms with Crippen LogP contribution in [0.1, 0.15) is 33.6 Å². The van der Waals surface area contributed by atoms with E-state index in [2.05, 4.69) is 10.3 Å².